The molecule has 1 aromatic carbocycles. The number of nitrogens with zero attached hydrogens (tertiary/aromatic N) is 3. The number of rotatable bonds is 4. The van der Waals surface area contributed by atoms with Crippen molar-refractivity contribution in [1.82, 2.24) is 9.88 Å². The molecule has 124 valence electrons. The van der Waals surface area contributed by atoms with E-state index in [1.807, 2.05) is 18.2 Å². The molecule has 24 heavy (non-hydrogen) atoms. The number of anilines is 1. The fourth-order valence-electron chi connectivity index (χ4n) is 2.73. The molecule has 0 atom stereocenters. The smallest absolute Gasteiger partial charge is 0.339 e. The van der Waals surface area contributed by atoms with Crippen molar-refractivity contribution in [3.63, 3.8) is 0 Å². The van der Waals surface area contributed by atoms with Crippen LogP contribution < -0.4 is 4.90 Å². The maximum Gasteiger partial charge on any atom is 0.339 e. The molecule has 1 fully saturated rings. The number of aromatic nitrogens is 1. The Morgan fingerprint density at radius 3 is 2.58 bits per heavy atom. The summed E-state index contributed by atoms with van der Waals surface area (Å²) in [5.74, 6) is 0.135. The first kappa shape index (κ1) is 16.1. The highest BCUT2D eigenvalue weighted by Crippen LogP contribution is 2.16. The number of amides is 1. The summed E-state index contributed by atoms with van der Waals surface area (Å²) in [7, 11) is 1.33. The number of hydrogen-bond donors (Lipinski definition) is 0. The number of ether oxygens (including phenoxy) is 1. The largest absolute Gasteiger partial charge is 0.465 e. The molecule has 0 radical (unpaired) electrons. The van der Waals surface area contributed by atoms with Crippen molar-refractivity contribution in [2.45, 2.75) is 6.54 Å². The first-order valence-corrected chi connectivity index (χ1v) is 7.78. The van der Waals surface area contributed by atoms with Gasteiger partial charge in [0.1, 0.15) is 5.82 Å². The monoisotopic (exact) mass is 325 g/mol. The van der Waals surface area contributed by atoms with Gasteiger partial charge in [-0.3, -0.25) is 14.6 Å². The Bertz CT molecular complexity index is 716. The molecule has 1 aromatic heterocycles. The lowest BCUT2D eigenvalue weighted by molar-refractivity contribution is -0.121. The molecule has 0 bridgehead atoms. The second-order valence-corrected chi connectivity index (χ2v) is 5.64. The van der Waals surface area contributed by atoms with Gasteiger partial charge < -0.3 is 4.74 Å². The fourth-order valence-corrected chi connectivity index (χ4v) is 2.73. The molecular formula is C18H19N3O3. The van der Waals surface area contributed by atoms with E-state index in [4.69, 9.17) is 0 Å². The van der Waals surface area contributed by atoms with Gasteiger partial charge >= 0.3 is 5.97 Å². The SMILES string of the molecule is COC(=O)c1ccc(N2CCN(Cc3ccccc3)CC2=O)nc1. The van der Waals surface area contributed by atoms with Gasteiger partial charge in [-0.1, -0.05) is 30.3 Å². The van der Waals surface area contributed by atoms with Crippen molar-refractivity contribution in [2.24, 2.45) is 0 Å². The minimum Gasteiger partial charge on any atom is -0.465 e. The summed E-state index contributed by atoms with van der Waals surface area (Å²) in [6, 6.07) is 13.4. The van der Waals surface area contributed by atoms with Crippen LogP contribution in [0.3, 0.4) is 0 Å². The van der Waals surface area contributed by atoms with Gasteiger partial charge in [0.15, 0.2) is 0 Å². The number of methoxy groups -OCH3 is 1. The lowest BCUT2D eigenvalue weighted by Crippen LogP contribution is -2.50. The maximum absolute atomic E-state index is 12.4. The average Bonchev–Trinajstić information content (AvgIpc) is 2.62. The van der Waals surface area contributed by atoms with Crippen molar-refractivity contribution < 1.29 is 14.3 Å². The van der Waals surface area contributed by atoms with Gasteiger partial charge in [-0.2, -0.15) is 0 Å². The van der Waals surface area contributed by atoms with E-state index in [9.17, 15) is 9.59 Å². The molecule has 6 nitrogen and oxygen atoms in total. The third-order valence-corrected chi connectivity index (χ3v) is 3.99. The molecule has 0 spiro atoms. The topological polar surface area (TPSA) is 62.7 Å². The zero-order valence-corrected chi connectivity index (χ0v) is 13.5. The summed E-state index contributed by atoms with van der Waals surface area (Å²) in [4.78, 5) is 31.8. The third-order valence-electron chi connectivity index (χ3n) is 3.99. The number of pyridine rings is 1. The molecule has 0 saturated carbocycles. The predicted molar refractivity (Wildman–Crippen MR) is 89.6 cm³/mol. The van der Waals surface area contributed by atoms with E-state index in [1.165, 1.54) is 18.9 Å². The molecule has 2 heterocycles. The third kappa shape index (κ3) is 3.60. The lowest BCUT2D eigenvalue weighted by atomic mass is 10.2. The summed E-state index contributed by atoms with van der Waals surface area (Å²) in [5.41, 5.74) is 1.57. The Morgan fingerprint density at radius 2 is 1.96 bits per heavy atom. The van der Waals surface area contributed by atoms with Gasteiger partial charge in [0, 0.05) is 25.8 Å². The summed E-state index contributed by atoms with van der Waals surface area (Å²) >= 11 is 0. The van der Waals surface area contributed by atoms with Gasteiger partial charge in [-0.25, -0.2) is 9.78 Å². The molecule has 0 unspecified atom stereocenters. The van der Waals surface area contributed by atoms with Gasteiger partial charge in [0.05, 0.1) is 19.2 Å². The second kappa shape index (κ2) is 7.23. The van der Waals surface area contributed by atoms with Crippen LogP contribution in [-0.2, 0) is 16.1 Å². The quantitative estimate of drug-likeness (QED) is 0.801. The molecule has 1 saturated heterocycles. The van der Waals surface area contributed by atoms with Crippen LogP contribution in [0.2, 0.25) is 0 Å². The summed E-state index contributed by atoms with van der Waals surface area (Å²) < 4.78 is 4.65. The van der Waals surface area contributed by atoms with Crippen LogP contribution in [-0.4, -0.2) is 48.5 Å². The first-order valence-electron chi connectivity index (χ1n) is 7.78. The van der Waals surface area contributed by atoms with Crippen molar-refractivity contribution >= 4 is 17.7 Å². The van der Waals surface area contributed by atoms with Crippen LogP contribution in [0.15, 0.2) is 48.7 Å². The number of piperazine rings is 1. The highest BCUT2D eigenvalue weighted by Gasteiger charge is 2.26. The Morgan fingerprint density at radius 1 is 1.17 bits per heavy atom. The van der Waals surface area contributed by atoms with Gasteiger partial charge in [-0.15, -0.1) is 0 Å². The summed E-state index contributed by atoms with van der Waals surface area (Å²) in [6.07, 6.45) is 1.44. The van der Waals surface area contributed by atoms with E-state index >= 15 is 0 Å². The fraction of sp³-hybridized carbons (Fsp3) is 0.278. The number of carbonyl (C=O) groups is 2. The predicted octanol–water partition coefficient (Wildman–Crippen LogP) is 1.72. The standard InChI is InChI=1S/C18H19N3O3/c1-24-18(23)15-7-8-16(19-11-15)21-10-9-20(13-17(21)22)12-14-5-3-2-4-6-14/h2-8,11H,9-10,12-13H2,1H3. The summed E-state index contributed by atoms with van der Waals surface area (Å²) in [6.45, 7) is 2.47. The Labute approximate surface area is 140 Å². The van der Waals surface area contributed by atoms with E-state index < -0.39 is 5.97 Å². The van der Waals surface area contributed by atoms with Gasteiger partial charge in [0.2, 0.25) is 5.91 Å². The van der Waals surface area contributed by atoms with Crippen LogP contribution in [0.4, 0.5) is 5.82 Å². The van der Waals surface area contributed by atoms with Gasteiger partial charge in [-0.05, 0) is 17.7 Å². The average molecular weight is 325 g/mol. The lowest BCUT2D eigenvalue weighted by Gasteiger charge is -2.33. The Kier molecular flexibility index (Phi) is 4.86. The number of hydrogen-bond acceptors (Lipinski definition) is 5. The highest BCUT2D eigenvalue weighted by atomic mass is 16.5. The van der Waals surface area contributed by atoms with Crippen LogP contribution >= 0.6 is 0 Å². The molecule has 6 heteroatoms. The molecule has 3 rings (SSSR count). The molecular weight excluding hydrogens is 306 g/mol. The number of carbonyl (C=O) groups excluding carboxylic acids is 2. The number of benzene rings is 1. The van der Waals surface area contributed by atoms with E-state index in [-0.39, 0.29) is 5.91 Å². The Balaban J connectivity index is 1.63. The molecule has 0 aliphatic carbocycles. The van der Waals surface area contributed by atoms with Crippen LogP contribution in [0, 0.1) is 0 Å². The molecule has 1 aliphatic heterocycles. The molecule has 1 aliphatic rings. The van der Waals surface area contributed by atoms with E-state index in [1.54, 1.807) is 17.0 Å². The highest BCUT2D eigenvalue weighted by molar-refractivity contribution is 5.95. The number of esters is 1. The van der Waals surface area contributed by atoms with Crippen LogP contribution in [0.25, 0.3) is 0 Å². The van der Waals surface area contributed by atoms with E-state index in [0.717, 1.165) is 13.1 Å². The maximum atomic E-state index is 12.4. The van der Waals surface area contributed by atoms with Crippen molar-refractivity contribution in [3.8, 4) is 0 Å². The molecule has 2 aromatic rings. The molecule has 1 amide bonds. The van der Waals surface area contributed by atoms with Gasteiger partial charge in [0.25, 0.3) is 0 Å². The zero-order chi connectivity index (χ0) is 16.9. The van der Waals surface area contributed by atoms with Crippen LogP contribution in [0.5, 0.6) is 0 Å². The van der Waals surface area contributed by atoms with Crippen molar-refractivity contribution in [3.05, 3.63) is 59.8 Å². The minimum absolute atomic E-state index is 0.00972. The molecule has 0 N–H and O–H groups in total. The zero-order valence-electron chi connectivity index (χ0n) is 13.5. The minimum atomic E-state index is -0.437. The Hall–Kier alpha value is -2.73. The summed E-state index contributed by atoms with van der Waals surface area (Å²) in [5, 5.41) is 0. The van der Waals surface area contributed by atoms with Crippen LogP contribution in [0.1, 0.15) is 15.9 Å². The van der Waals surface area contributed by atoms with E-state index in [2.05, 4.69) is 26.8 Å². The second-order valence-electron chi connectivity index (χ2n) is 5.64. The normalized spacial score (nSPS) is 15.4. The van der Waals surface area contributed by atoms with Crippen molar-refractivity contribution in [2.75, 3.05) is 31.6 Å². The van der Waals surface area contributed by atoms with E-state index in [0.29, 0.717) is 24.5 Å². The van der Waals surface area contributed by atoms with Crippen molar-refractivity contribution in [1.29, 1.82) is 0 Å². The first-order chi connectivity index (χ1) is 11.7.